The molecular weight excluding hydrogens is 362 g/mol. The first kappa shape index (κ1) is 25.0. The van der Waals surface area contributed by atoms with Crippen molar-refractivity contribution in [2.45, 2.75) is 120 Å². The molecule has 0 aliphatic carbocycles. The second-order valence-electron chi connectivity index (χ2n) is 9.15. The van der Waals surface area contributed by atoms with Crippen LogP contribution in [0.4, 0.5) is 0 Å². The van der Waals surface area contributed by atoms with Crippen molar-refractivity contribution in [3.8, 4) is 0 Å². The van der Waals surface area contributed by atoms with Crippen LogP contribution in [0.25, 0.3) is 0 Å². The first-order chi connectivity index (χ1) is 12.7. The molecular formula is C20H43NO5Si. The average Bonchev–Trinajstić information content (AvgIpc) is 2.64. The SMILES string of the molecule is CCCCCCCCCC[Si](C)(C)CC[C@]1(N)[C@H](O)O[C@H](CO)[C@@H](O)[C@@H]1O. The molecule has 162 valence electrons. The minimum absolute atomic E-state index is 0.404. The molecule has 0 bridgehead atoms. The highest BCUT2D eigenvalue weighted by molar-refractivity contribution is 6.77. The molecule has 6 N–H and O–H groups in total. The minimum atomic E-state index is -1.51. The quantitative estimate of drug-likeness (QED) is 0.237. The zero-order valence-electron chi connectivity index (χ0n) is 17.6. The highest BCUT2D eigenvalue weighted by Crippen LogP contribution is 2.33. The fraction of sp³-hybridized carbons (Fsp3) is 1.00. The summed E-state index contributed by atoms with van der Waals surface area (Å²) in [6.45, 7) is 6.39. The highest BCUT2D eigenvalue weighted by Gasteiger charge is 2.52. The van der Waals surface area contributed by atoms with E-state index in [1.165, 1.54) is 57.4 Å². The Bertz CT molecular complexity index is 412. The maximum Gasteiger partial charge on any atom is 0.175 e. The molecule has 1 fully saturated rings. The maximum absolute atomic E-state index is 10.4. The summed E-state index contributed by atoms with van der Waals surface area (Å²) < 4.78 is 5.24. The third-order valence-electron chi connectivity index (χ3n) is 6.14. The van der Waals surface area contributed by atoms with Crippen LogP contribution >= 0.6 is 0 Å². The highest BCUT2D eigenvalue weighted by atomic mass is 28.3. The third-order valence-corrected chi connectivity index (χ3v) is 9.45. The first-order valence-electron chi connectivity index (χ1n) is 10.8. The molecule has 0 saturated carbocycles. The van der Waals surface area contributed by atoms with Gasteiger partial charge >= 0.3 is 0 Å². The Kier molecular flexibility index (Phi) is 11.0. The molecule has 5 atom stereocenters. The first-order valence-corrected chi connectivity index (χ1v) is 14.2. The standard InChI is InChI=1S/C20H43NO5Si/c1-4-5-6-7-8-9-10-11-13-27(2,3)14-12-20(21)18(24)17(23)16(15-22)26-19(20)25/h16-19,22-25H,4-15,21H2,1-3H3/t16-,17-,18+,19-,20-/m1/s1. The van der Waals surface area contributed by atoms with Crippen molar-refractivity contribution >= 4 is 8.07 Å². The van der Waals surface area contributed by atoms with Crippen molar-refractivity contribution in [2.24, 2.45) is 5.73 Å². The molecule has 0 spiro atoms. The number of rotatable bonds is 13. The molecule has 0 aromatic rings. The van der Waals surface area contributed by atoms with Crippen LogP contribution in [-0.2, 0) is 4.74 Å². The van der Waals surface area contributed by atoms with Gasteiger partial charge in [0.2, 0.25) is 0 Å². The fourth-order valence-electron chi connectivity index (χ4n) is 3.88. The molecule has 6 nitrogen and oxygen atoms in total. The molecule has 27 heavy (non-hydrogen) atoms. The van der Waals surface area contributed by atoms with Crippen LogP contribution in [0.5, 0.6) is 0 Å². The number of hydrogen-bond acceptors (Lipinski definition) is 6. The summed E-state index contributed by atoms with van der Waals surface area (Å²) in [5, 5.41) is 39.9. The Hall–Kier alpha value is -0.0231. The summed E-state index contributed by atoms with van der Waals surface area (Å²) in [6.07, 6.45) is 5.85. The van der Waals surface area contributed by atoms with E-state index in [-0.39, 0.29) is 0 Å². The maximum atomic E-state index is 10.4. The van der Waals surface area contributed by atoms with Gasteiger partial charge in [-0.05, 0) is 6.42 Å². The van der Waals surface area contributed by atoms with Gasteiger partial charge in [0.1, 0.15) is 18.3 Å². The second-order valence-corrected chi connectivity index (χ2v) is 14.5. The van der Waals surface area contributed by atoms with Crippen LogP contribution in [0.1, 0.15) is 64.7 Å². The predicted molar refractivity (Wildman–Crippen MR) is 111 cm³/mol. The summed E-state index contributed by atoms with van der Waals surface area (Å²) in [5.41, 5.74) is 4.86. The van der Waals surface area contributed by atoms with Crippen LogP contribution in [0.3, 0.4) is 0 Å². The van der Waals surface area contributed by atoms with Gasteiger partial charge in [-0.25, -0.2) is 0 Å². The fourth-order valence-corrected chi connectivity index (χ4v) is 6.45. The van der Waals surface area contributed by atoms with Crippen LogP contribution in [0.2, 0.25) is 25.2 Å². The average molecular weight is 406 g/mol. The normalized spacial score (nSPS) is 32.0. The summed E-state index contributed by atoms with van der Waals surface area (Å²) in [4.78, 5) is 0. The molecule has 1 rings (SSSR count). The lowest BCUT2D eigenvalue weighted by Gasteiger charge is -2.48. The molecule has 7 heteroatoms. The number of unbranched alkanes of at least 4 members (excludes halogenated alkanes) is 7. The molecule has 0 amide bonds. The van der Waals surface area contributed by atoms with Crippen molar-refractivity contribution in [3.63, 3.8) is 0 Å². The number of hydrogen-bond donors (Lipinski definition) is 5. The Balaban J connectivity index is 2.37. The lowest BCUT2D eigenvalue weighted by Crippen LogP contribution is -2.71. The lowest BCUT2D eigenvalue weighted by molar-refractivity contribution is -0.278. The van der Waals surface area contributed by atoms with E-state index < -0.39 is 44.8 Å². The summed E-state index contributed by atoms with van der Waals surface area (Å²) in [7, 11) is -1.51. The molecule has 1 aliphatic rings. The van der Waals surface area contributed by atoms with Crippen molar-refractivity contribution in [2.75, 3.05) is 6.61 Å². The van der Waals surface area contributed by atoms with E-state index in [2.05, 4.69) is 20.0 Å². The number of aliphatic hydroxyl groups excluding tert-OH is 4. The van der Waals surface area contributed by atoms with Gasteiger partial charge in [0.25, 0.3) is 0 Å². The van der Waals surface area contributed by atoms with E-state index in [1.54, 1.807) is 0 Å². The van der Waals surface area contributed by atoms with Gasteiger partial charge in [-0.2, -0.15) is 0 Å². The Morgan fingerprint density at radius 1 is 0.926 bits per heavy atom. The molecule has 0 radical (unpaired) electrons. The van der Waals surface area contributed by atoms with Gasteiger partial charge in [-0.3, -0.25) is 0 Å². The summed E-state index contributed by atoms with van der Waals surface area (Å²) >= 11 is 0. The third kappa shape index (κ3) is 7.72. The van der Waals surface area contributed by atoms with Crippen molar-refractivity contribution in [3.05, 3.63) is 0 Å². The van der Waals surface area contributed by atoms with E-state index in [9.17, 15) is 20.4 Å². The van der Waals surface area contributed by atoms with Gasteiger partial charge in [-0.1, -0.05) is 83.5 Å². The summed E-state index contributed by atoms with van der Waals surface area (Å²) in [5.74, 6) is 0. The zero-order valence-corrected chi connectivity index (χ0v) is 18.6. The zero-order chi connectivity index (χ0) is 20.5. The van der Waals surface area contributed by atoms with Crippen molar-refractivity contribution in [1.82, 2.24) is 0 Å². The van der Waals surface area contributed by atoms with Crippen molar-refractivity contribution < 1.29 is 25.2 Å². The number of nitrogens with two attached hydrogens (primary N) is 1. The van der Waals surface area contributed by atoms with Crippen molar-refractivity contribution in [1.29, 1.82) is 0 Å². The van der Waals surface area contributed by atoms with Gasteiger partial charge in [0.15, 0.2) is 6.29 Å². The summed E-state index contributed by atoms with van der Waals surface area (Å²) in [6, 6.07) is 2.06. The van der Waals surface area contributed by atoms with Gasteiger partial charge < -0.3 is 30.9 Å². The predicted octanol–water partition coefficient (Wildman–Crippen LogP) is 2.35. The van der Waals surface area contributed by atoms with Crippen LogP contribution in [0, 0.1) is 0 Å². The van der Waals surface area contributed by atoms with E-state index in [1.807, 2.05) is 0 Å². The van der Waals surface area contributed by atoms with Crippen LogP contribution < -0.4 is 5.73 Å². The topological polar surface area (TPSA) is 116 Å². The molecule has 0 aromatic heterocycles. The second kappa shape index (κ2) is 11.9. The minimum Gasteiger partial charge on any atom is -0.394 e. The van der Waals surface area contributed by atoms with Gasteiger partial charge in [-0.15, -0.1) is 0 Å². The Morgan fingerprint density at radius 3 is 2.04 bits per heavy atom. The van der Waals surface area contributed by atoms with Gasteiger partial charge in [0, 0.05) is 8.07 Å². The number of aliphatic hydroxyl groups is 4. The van der Waals surface area contributed by atoms with Gasteiger partial charge in [0.05, 0.1) is 12.1 Å². The molecule has 1 saturated heterocycles. The molecule has 1 heterocycles. The Labute approximate surface area is 166 Å². The van der Waals surface area contributed by atoms with E-state index in [0.717, 1.165) is 6.04 Å². The molecule has 1 aliphatic heterocycles. The van der Waals surface area contributed by atoms with E-state index in [4.69, 9.17) is 10.5 Å². The largest absolute Gasteiger partial charge is 0.394 e. The Morgan fingerprint density at radius 2 is 1.48 bits per heavy atom. The molecule has 0 aromatic carbocycles. The molecule has 0 unspecified atom stereocenters. The van der Waals surface area contributed by atoms with E-state index in [0.29, 0.717) is 6.42 Å². The lowest BCUT2D eigenvalue weighted by atomic mass is 9.82. The monoisotopic (exact) mass is 405 g/mol. The van der Waals surface area contributed by atoms with E-state index >= 15 is 0 Å². The smallest absolute Gasteiger partial charge is 0.175 e. The van der Waals surface area contributed by atoms with Crippen LogP contribution in [-0.4, -0.2) is 65.2 Å². The van der Waals surface area contributed by atoms with Crippen LogP contribution in [0.15, 0.2) is 0 Å². The number of ether oxygens (including phenoxy) is 1.